The third kappa shape index (κ3) is 2.33. The number of hydrogen-bond donors (Lipinski definition) is 2. The summed E-state index contributed by atoms with van der Waals surface area (Å²) in [5.74, 6) is -1.27. The molecular weight excluding hydrogens is 198 g/mol. The van der Waals surface area contributed by atoms with Gasteiger partial charge in [-0.05, 0) is 13.3 Å². The molecule has 0 bridgehead atoms. The van der Waals surface area contributed by atoms with E-state index in [-0.39, 0.29) is 12.5 Å². The zero-order valence-electron chi connectivity index (χ0n) is 8.82. The Morgan fingerprint density at radius 1 is 1.67 bits per heavy atom. The maximum atomic E-state index is 11.7. The lowest BCUT2D eigenvalue weighted by molar-refractivity contribution is -0.150. The van der Waals surface area contributed by atoms with Gasteiger partial charge in [0, 0.05) is 0 Å². The molecule has 1 aliphatic heterocycles. The molecule has 2 unspecified atom stereocenters. The first-order valence-electron chi connectivity index (χ1n) is 4.87. The average Bonchev–Trinajstić information content (AvgIpc) is 2.21. The van der Waals surface area contributed by atoms with Crippen LogP contribution in [0.2, 0.25) is 0 Å². The Morgan fingerprint density at radius 3 is 2.80 bits per heavy atom. The smallest absolute Gasteiger partial charge is 0.249 e. The predicted octanol–water partition coefficient (Wildman–Crippen LogP) is -1.40. The zero-order valence-corrected chi connectivity index (χ0v) is 8.82. The molecule has 1 aliphatic rings. The second kappa shape index (κ2) is 4.39. The highest BCUT2D eigenvalue weighted by Crippen LogP contribution is 2.07. The second-order valence-corrected chi connectivity index (χ2v) is 3.57. The third-order valence-corrected chi connectivity index (χ3v) is 2.46. The summed E-state index contributed by atoms with van der Waals surface area (Å²) in [5.41, 5.74) is 5.57. The Labute approximate surface area is 87.8 Å². The van der Waals surface area contributed by atoms with Crippen LogP contribution in [-0.2, 0) is 14.4 Å². The fourth-order valence-corrected chi connectivity index (χ4v) is 1.37. The highest BCUT2D eigenvalue weighted by Gasteiger charge is 2.34. The van der Waals surface area contributed by atoms with Gasteiger partial charge in [0.15, 0.2) is 0 Å². The predicted molar refractivity (Wildman–Crippen MR) is 52.6 cm³/mol. The summed E-state index contributed by atoms with van der Waals surface area (Å²) >= 11 is 0. The first kappa shape index (κ1) is 11.6. The van der Waals surface area contributed by atoms with Crippen LogP contribution in [0.4, 0.5) is 0 Å². The van der Waals surface area contributed by atoms with Crippen LogP contribution < -0.4 is 11.1 Å². The Balaban J connectivity index is 2.79. The minimum Gasteiger partial charge on any atom is -0.320 e. The number of nitrogens with zero attached hydrogens (tertiary/aromatic N) is 1. The Morgan fingerprint density at radius 2 is 2.27 bits per heavy atom. The molecule has 0 spiro atoms. The van der Waals surface area contributed by atoms with Crippen molar-refractivity contribution in [2.75, 3.05) is 6.54 Å². The topological polar surface area (TPSA) is 92.5 Å². The van der Waals surface area contributed by atoms with Gasteiger partial charge in [-0.3, -0.25) is 19.7 Å². The van der Waals surface area contributed by atoms with E-state index in [4.69, 9.17) is 5.73 Å². The first-order chi connectivity index (χ1) is 6.97. The van der Waals surface area contributed by atoms with Gasteiger partial charge in [0.1, 0.15) is 12.6 Å². The molecule has 0 aromatic rings. The number of piperazine rings is 1. The summed E-state index contributed by atoms with van der Waals surface area (Å²) in [7, 11) is 0. The number of hydrogen-bond acceptors (Lipinski definition) is 4. The summed E-state index contributed by atoms with van der Waals surface area (Å²) in [6.07, 6.45) is 0.484. The number of carbonyl (C=O) groups excluding carboxylic acids is 3. The molecule has 0 aliphatic carbocycles. The number of rotatable bonds is 2. The van der Waals surface area contributed by atoms with Crippen LogP contribution in [0.15, 0.2) is 0 Å². The largest absolute Gasteiger partial charge is 0.320 e. The van der Waals surface area contributed by atoms with Gasteiger partial charge in [-0.15, -0.1) is 0 Å². The van der Waals surface area contributed by atoms with Gasteiger partial charge in [-0.1, -0.05) is 6.92 Å². The number of amides is 3. The molecule has 0 saturated carbocycles. The Bertz CT molecular complexity index is 303. The van der Waals surface area contributed by atoms with Gasteiger partial charge in [-0.25, -0.2) is 0 Å². The molecule has 1 fully saturated rings. The van der Waals surface area contributed by atoms with Crippen LogP contribution in [0.1, 0.15) is 20.3 Å². The molecule has 1 saturated heterocycles. The van der Waals surface area contributed by atoms with Crippen molar-refractivity contribution in [3.05, 3.63) is 0 Å². The van der Waals surface area contributed by atoms with E-state index in [0.29, 0.717) is 6.42 Å². The van der Waals surface area contributed by atoms with Gasteiger partial charge in [-0.2, -0.15) is 0 Å². The summed E-state index contributed by atoms with van der Waals surface area (Å²) in [6, 6.07) is -1.28. The molecule has 0 aromatic heterocycles. The van der Waals surface area contributed by atoms with Gasteiger partial charge < -0.3 is 10.6 Å². The highest BCUT2D eigenvalue weighted by molar-refractivity contribution is 6.04. The molecular formula is C9H15N3O3. The quantitative estimate of drug-likeness (QED) is 0.552. The maximum Gasteiger partial charge on any atom is 0.249 e. The lowest BCUT2D eigenvalue weighted by Gasteiger charge is -2.33. The van der Waals surface area contributed by atoms with Crippen molar-refractivity contribution < 1.29 is 14.4 Å². The zero-order chi connectivity index (χ0) is 11.6. The fraction of sp³-hybridized carbons (Fsp3) is 0.667. The number of nitrogens with one attached hydrogen (secondary N) is 1. The monoisotopic (exact) mass is 213 g/mol. The summed E-state index contributed by atoms with van der Waals surface area (Å²) in [4.78, 5) is 35.3. The Hall–Kier alpha value is -1.43. The summed E-state index contributed by atoms with van der Waals surface area (Å²) < 4.78 is 0. The van der Waals surface area contributed by atoms with Gasteiger partial charge >= 0.3 is 0 Å². The van der Waals surface area contributed by atoms with Crippen molar-refractivity contribution in [3.8, 4) is 0 Å². The molecule has 84 valence electrons. The van der Waals surface area contributed by atoms with Gasteiger partial charge in [0.05, 0.1) is 6.04 Å². The molecule has 3 amide bonds. The SMILES string of the molecule is CCC(N)C(=O)N1CC(=O)NC(=O)C1C. The van der Waals surface area contributed by atoms with E-state index in [1.165, 1.54) is 4.90 Å². The molecule has 6 heteroatoms. The van der Waals surface area contributed by atoms with E-state index in [0.717, 1.165) is 0 Å². The molecule has 0 aromatic carbocycles. The fourth-order valence-electron chi connectivity index (χ4n) is 1.37. The van der Waals surface area contributed by atoms with E-state index in [9.17, 15) is 14.4 Å². The number of carbonyl (C=O) groups is 3. The molecule has 3 N–H and O–H groups in total. The highest BCUT2D eigenvalue weighted by atomic mass is 16.2. The summed E-state index contributed by atoms with van der Waals surface area (Å²) in [5, 5.41) is 2.16. The minimum atomic E-state index is -0.647. The lowest BCUT2D eigenvalue weighted by atomic mass is 10.1. The van der Waals surface area contributed by atoms with Gasteiger partial charge in [0.2, 0.25) is 17.7 Å². The minimum absolute atomic E-state index is 0.0978. The van der Waals surface area contributed by atoms with Crippen molar-refractivity contribution in [1.29, 1.82) is 0 Å². The van der Waals surface area contributed by atoms with Crippen molar-refractivity contribution in [1.82, 2.24) is 10.2 Å². The lowest BCUT2D eigenvalue weighted by Crippen LogP contribution is -2.61. The van der Waals surface area contributed by atoms with Crippen LogP contribution in [0.3, 0.4) is 0 Å². The van der Waals surface area contributed by atoms with Crippen molar-refractivity contribution in [3.63, 3.8) is 0 Å². The average molecular weight is 213 g/mol. The van der Waals surface area contributed by atoms with E-state index >= 15 is 0 Å². The van der Waals surface area contributed by atoms with Crippen molar-refractivity contribution in [2.24, 2.45) is 5.73 Å². The van der Waals surface area contributed by atoms with Crippen LogP contribution in [0.25, 0.3) is 0 Å². The number of imide groups is 1. The normalized spacial score (nSPS) is 23.7. The Kier molecular flexibility index (Phi) is 3.41. The van der Waals surface area contributed by atoms with E-state index < -0.39 is 23.9 Å². The molecule has 1 heterocycles. The van der Waals surface area contributed by atoms with Crippen LogP contribution >= 0.6 is 0 Å². The van der Waals surface area contributed by atoms with Crippen LogP contribution in [0.5, 0.6) is 0 Å². The van der Waals surface area contributed by atoms with Crippen molar-refractivity contribution >= 4 is 17.7 Å². The van der Waals surface area contributed by atoms with Crippen molar-refractivity contribution in [2.45, 2.75) is 32.4 Å². The maximum absolute atomic E-state index is 11.7. The molecule has 0 radical (unpaired) electrons. The van der Waals surface area contributed by atoms with Crippen LogP contribution in [-0.4, -0.2) is 41.2 Å². The van der Waals surface area contributed by atoms with Gasteiger partial charge in [0.25, 0.3) is 0 Å². The molecule has 6 nitrogen and oxygen atoms in total. The third-order valence-electron chi connectivity index (χ3n) is 2.46. The van der Waals surface area contributed by atoms with Crippen LogP contribution in [0, 0.1) is 0 Å². The molecule has 2 atom stereocenters. The molecule has 15 heavy (non-hydrogen) atoms. The standard InChI is InChI=1S/C9H15N3O3/c1-3-6(10)9(15)12-4-7(13)11-8(14)5(12)2/h5-6H,3-4,10H2,1-2H3,(H,11,13,14). The number of nitrogens with two attached hydrogens (primary N) is 1. The van der Waals surface area contributed by atoms with E-state index in [2.05, 4.69) is 5.32 Å². The second-order valence-electron chi connectivity index (χ2n) is 3.57. The van der Waals surface area contributed by atoms with E-state index in [1.807, 2.05) is 0 Å². The van der Waals surface area contributed by atoms with E-state index in [1.54, 1.807) is 13.8 Å². The summed E-state index contributed by atoms with van der Waals surface area (Å²) in [6.45, 7) is 3.25. The first-order valence-corrected chi connectivity index (χ1v) is 4.87. The molecule has 1 rings (SSSR count).